The van der Waals surface area contributed by atoms with Crippen molar-refractivity contribution < 1.29 is 22.7 Å². The van der Waals surface area contributed by atoms with Crippen molar-refractivity contribution >= 4 is 11.6 Å². The molecule has 7 heteroatoms. The van der Waals surface area contributed by atoms with Crippen LogP contribution in [0.4, 0.5) is 13.2 Å². The first kappa shape index (κ1) is 11.4. The summed E-state index contributed by atoms with van der Waals surface area (Å²) in [6, 6.07) is 2.60. The lowest BCUT2D eigenvalue weighted by atomic mass is 10.3. The molecule has 4 nitrogen and oxygen atoms in total. The standard InChI is InChI=1S/C10H7F3N2O2/c1-17-9(16)6-2-3-15-5-7(10(11,12)13)14-8(15)4-6/h2-5H,1H3. The van der Waals surface area contributed by atoms with E-state index in [2.05, 4.69) is 9.72 Å². The van der Waals surface area contributed by atoms with Gasteiger partial charge in [0.05, 0.1) is 12.7 Å². The zero-order valence-electron chi connectivity index (χ0n) is 8.65. The Labute approximate surface area is 93.6 Å². The van der Waals surface area contributed by atoms with Crippen LogP contribution in [0.5, 0.6) is 0 Å². The van der Waals surface area contributed by atoms with E-state index in [-0.39, 0.29) is 11.2 Å². The Bertz CT molecular complexity index is 574. The third-order valence-corrected chi connectivity index (χ3v) is 2.17. The van der Waals surface area contributed by atoms with Crippen LogP contribution in [-0.4, -0.2) is 22.5 Å². The summed E-state index contributed by atoms with van der Waals surface area (Å²) < 4.78 is 42.8. The maximum absolute atomic E-state index is 12.4. The average Bonchev–Trinajstić information content (AvgIpc) is 2.70. The summed E-state index contributed by atoms with van der Waals surface area (Å²) >= 11 is 0. The van der Waals surface area contributed by atoms with Crippen LogP contribution in [0.3, 0.4) is 0 Å². The number of hydrogen-bond donors (Lipinski definition) is 0. The maximum Gasteiger partial charge on any atom is 0.434 e. The van der Waals surface area contributed by atoms with E-state index in [1.165, 1.54) is 29.8 Å². The van der Waals surface area contributed by atoms with Gasteiger partial charge in [-0.3, -0.25) is 0 Å². The van der Waals surface area contributed by atoms with Crippen LogP contribution in [0.25, 0.3) is 5.65 Å². The number of fused-ring (bicyclic) bond motifs is 1. The van der Waals surface area contributed by atoms with Crippen LogP contribution in [0.15, 0.2) is 24.5 Å². The van der Waals surface area contributed by atoms with E-state index in [4.69, 9.17) is 0 Å². The number of aromatic nitrogens is 2. The van der Waals surface area contributed by atoms with Gasteiger partial charge in [0.15, 0.2) is 5.69 Å². The molecule has 0 spiro atoms. The molecule has 0 amide bonds. The van der Waals surface area contributed by atoms with Crippen LogP contribution in [0.2, 0.25) is 0 Å². The van der Waals surface area contributed by atoms with Crippen molar-refractivity contribution in [1.82, 2.24) is 9.38 Å². The third kappa shape index (κ3) is 2.08. The van der Waals surface area contributed by atoms with Crippen LogP contribution in [-0.2, 0) is 10.9 Å². The summed E-state index contributed by atoms with van der Waals surface area (Å²) in [6.45, 7) is 0. The van der Waals surface area contributed by atoms with Crippen molar-refractivity contribution in [2.45, 2.75) is 6.18 Å². The average molecular weight is 244 g/mol. The van der Waals surface area contributed by atoms with Crippen molar-refractivity contribution in [3.8, 4) is 0 Å². The lowest BCUT2D eigenvalue weighted by molar-refractivity contribution is -0.140. The Kier molecular flexibility index (Phi) is 2.53. The fourth-order valence-electron chi connectivity index (χ4n) is 1.36. The van der Waals surface area contributed by atoms with Crippen LogP contribution < -0.4 is 0 Å². The van der Waals surface area contributed by atoms with Gasteiger partial charge in [-0.15, -0.1) is 0 Å². The molecule has 0 saturated heterocycles. The van der Waals surface area contributed by atoms with E-state index in [0.717, 1.165) is 6.20 Å². The number of rotatable bonds is 1. The second-order valence-electron chi connectivity index (χ2n) is 3.30. The SMILES string of the molecule is COC(=O)c1ccn2cc(C(F)(F)F)nc2c1. The second-order valence-corrected chi connectivity index (χ2v) is 3.30. The summed E-state index contributed by atoms with van der Waals surface area (Å²) in [5.41, 5.74) is -0.806. The minimum atomic E-state index is -4.50. The molecule has 0 aromatic carbocycles. The minimum Gasteiger partial charge on any atom is -0.465 e. The Balaban J connectivity index is 2.52. The zero-order valence-corrected chi connectivity index (χ0v) is 8.65. The van der Waals surface area contributed by atoms with Crippen molar-refractivity contribution in [3.05, 3.63) is 35.8 Å². The Hall–Kier alpha value is -2.05. The molecule has 2 heterocycles. The molecule has 0 radical (unpaired) electrons. The summed E-state index contributed by atoms with van der Waals surface area (Å²) in [4.78, 5) is 14.6. The van der Waals surface area contributed by atoms with Gasteiger partial charge in [0.1, 0.15) is 5.65 Å². The predicted octanol–water partition coefficient (Wildman–Crippen LogP) is 2.14. The van der Waals surface area contributed by atoms with Crippen molar-refractivity contribution in [1.29, 1.82) is 0 Å². The molecule has 90 valence electrons. The normalized spacial score (nSPS) is 11.8. The molecule has 2 aromatic rings. The lowest BCUT2D eigenvalue weighted by Crippen LogP contribution is -2.04. The van der Waals surface area contributed by atoms with Crippen LogP contribution >= 0.6 is 0 Å². The fourth-order valence-corrected chi connectivity index (χ4v) is 1.36. The smallest absolute Gasteiger partial charge is 0.434 e. The molecule has 0 aliphatic carbocycles. The number of ether oxygens (including phenoxy) is 1. The molecule has 0 aliphatic rings. The molecule has 0 aliphatic heterocycles. The minimum absolute atomic E-state index is 0.0419. The van der Waals surface area contributed by atoms with Gasteiger partial charge in [-0.2, -0.15) is 13.2 Å². The molecule has 0 unspecified atom stereocenters. The number of halogens is 3. The molecule has 0 saturated carbocycles. The number of pyridine rings is 1. The number of alkyl halides is 3. The van der Waals surface area contributed by atoms with Gasteiger partial charge in [-0.05, 0) is 12.1 Å². The quantitative estimate of drug-likeness (QED) is 0.722. The first-order chi connectivity index (χ1) is 7.91. The van der Waals surface area contributed by atoms with Gasteiger partial charge in [-0.1, -0.05) is 0 Å². The van der Waals surface area contributed by atoms with Crippen molar-refractivity contribution in [3.63, 3.8) is 0 Å². The van der Waals surface area contributed by atoms with Crippen LogP contribution in [0.1, 0.15) is 16.1 Å². The van der Waals surface area contributed by atoms with Gasteiger partial charge in [0.25, 0.3) is 0 Å². The van der Waals surface area contributed by atoms with E-state index in [1.807, 2.05) is 0 Å². The molecule has 0 fully saturated rings. The summed E-state index contributed by atoms with van der Waals surface area (Å²) in [7, 11) is 1.19. The van der Waals surface area contributed by atoms with Crippen LogP contribution in [0, 0.1) is 0 Å². The van der Waals surface area contributed by atoms with E-state index in [0.29, 0.717) is 0 Å². The Morgan fingerprint density at radius 2 is 2.18 bits per heavy atom. The number of hydrogen-bond acceptors (Lipinski definition) is 3. The van der Waals surface area contributed by atoms with Crippen molar-refractivity contribution in [2.24, 2.45) is 0 Å². The highest BCUT2D eigenvalue weighted by molar-refractivity contribution is 5.90. The topological polar surface area (TPSA) is 43.6 Å². The first-order valence-corrected chi connectivity index (χ1v) is 4.56. The van der Waals surface area contributed by atoms with E-state index < -0.39 is 17.8 Å². The number of carbonyl (C=O) groups excluding carboxylic acids is 1. The van der Waals surface area contributed by atoms with E-state index in [9.17, 15) is 18.0 Å². The highest BCUT2D eigenvalue weighted by Crippen LogP contribution is 2.28. The molecule has 17 heavy (non-hydrogen) atoms. The third-order valence-electron chi connectivity index (χ3n) is 2.17. The molecular weight excluding hydrogens is 237 g/mol. The largest absolute Gasteiger partial charge is 0.465 e. The summed E-state index contributed by atoms with van der Waals surface area (Å²) in [5, 5.41) is 0. The molecule has 2 rings (SSSR count). The van der Waals surface area contributed by atoms with Gasteiger partial charge < -0.3 is 9.14 Å². The van der Waals surface area contributed by atoms with E-state index >= 15 is 0 Å². The molecule has 0 bridgehead atoms. The van der Waals surface area contributed by atoms with E-state index in [1.54, 1.807) is 0 Å². The van der Waals surface area contributed by atoms with Gasteiger partial charge >= 0.3 is 12.1 Å². The fraction of sp³-hybridized carbons (Fsp3) is 0.200. The number of methoxy groups -OCH3 is 1. The molecule has 2 aromatic heterocycles. The van der Waals surface area contributed by atoms with Gasteiger partial charge in [0.2, 0.25) is 0 Å². The summed E-state index contributed by atoms with van der Waals surface area (Å²) in [6.07, 6.45) is -2.32. The number of esters is 1. The molecule has 0 atom stereocenters. The second kappa shape index (κ2) is 3.76. The Morgan fingerprint density at radius 1 is 1.47 bits per heavy atom. The monoisotopic (exact) mass is 244 g/mol. The highest BCUT2D eigenvalue weighted by atomic mass is 19.4. The van der Waals surface area contributed by atoms with Gasteiger partial charge in [-0.25, -0.2) is 9.78 Å². The Morgan fingerprint density at radius 3 is 2.76 bits per heavy atom. The first-order valence-electron chi connectivity index (χ1n) is 4.56. The summed E-state index contributed by atoms with van der Waals surface area (Å²) in [5.74, 6) is -0.621. The number of imidazole rings is 1. The lowest BCUT2D eigenvalue weighted by Gasteiger charge is -1.98. The number of carbonyl (C=O) groups is 1. The highest BCUT2D eigenvalue weighted by Gasteiger charge is 2.33. The molecule has 0 N–H and O–H groups in total. The predicted molar refractivity (Wildman–Crippen MR) is 51.5 cm³/mol. The molecular formula is C10H7F3N2O2. The zero-order chi connectivity index (χ0) is 12.6. The van der Waals surface area contributed by atoms with Gasteiger partial charge in [0, 0.05) is 12.4 Å². The number of nitrogens with zero attached hydrogens (tertiary/aromatic N) is 2. The van der Waals surface area contributed by atoms with Crippen molar-refractivity contribution in [2.75, 3.05) is 7.11 Å². The maximum atomic E-state index is 12.4.